The maximum absolute atomic E-state index is 13.2. The number of nitrogens with one attached hydrogen (secondary N) is 1. The molecular weight excluding hydrogens is 412 g/mol. The second kappa shape index (κ2) is 8.93. The second-order valence-corrected chi connectivity index (χ2v) is 9.37. The fourth-order valence-electron chi connectivity index (χ4n) is 3.53. The number of sulfonamides is 1. The van der Waals surface area contributed by atoms with Crippen molar-refractivity contribution in [1.82, 2.24) is 9.78 Å². The van der Waals surface area contributed by atoms with Gasteiger partial charge in [-0.15, -0.1) is 0 Å². The maximum atomic E-state index is 13.2. The SMILES string of the molecule is CCc1cccc(CC)c1NC(=O)c1cnn(C)c1N(C)S(=O)(=O)c1ccc(C)cc1. The van der Waals surface area contributed by atoms with Crippen LogP contribution in [0, 0.1) is 6.92 Å². The van der Waals surface area contributed by atoms with E-state index in [0.717, 1.165) is 39.5 Å². The van der Waals surface area contributed by atoms with Crippen LogP contribution in [-0.2, 0) is 29.9 Å². The number of amides is 1. The van der Waals surface area contributed by atoms with Gasteiger partial charge in [0.05, 0.1) is 11.1 Å². The summed E-state index contributed by atoms with van der Waals surface area (Å²) in [6.07, 6.45) is 2.93. The molecule has 0 radical (unpaired) electrons. The van der Waals surface area contributed by atoms with Gasteiger partial charge in [-0.1, -0.05) is 49.7 Å². The first-order valence-electron chi connectivity index (χ1n) is 10.2. The minimum atomic E-state index is -3.86. The molecule has 0 saturated heterocycles. The molecule has 0 unspecified atom stereocenters. The van der Waals surface area contributed by atoms with Crippen molar-refractivity contribution in [3.8, 4) is 0 Å². The standard InChI is InChI=1S/C23H28N4O3S/c1-6-17-9-8-10-18(7-2)21(17)25-22(28)20-15-24-26(4)23(20)27(5)31(29,30)19-13-11-16(3)12-14-19/h8-15H,6-7H2,1-5H3,(H,25,28). The number of carbonyl (C=O) groups is 1. The molecule has 1 amide bonds. The Balaban J connectivity index is 2.00. The minimum Gasteiger partial charge on any atom is -0.321 e. The molecule has 3 aromatic rings. The van der Waals surface area contributed by atoms with Gasteiger partial charge in [-0.2, -0.15) is 5.10 Å². The molecule has 3 rings (SSSR count). The van der Waals surface area contributed by atoms with E-state index in [4.69, 9.17) is 0 Å². The summed E-state index contributed by atoms with van der Waals surface area (Å²) in [5.74, 6) is -0.199. The zero-order valence-electron chi connectivity index (χ0n) is 18.5. The van der Waals surface area contributed by atoms with Crippen LogP contribution >= 0.6 is 0 Å². The van der Waals surface area contributed by atoms with Gasteiger partial charge in [-0.05, 0) is 43.0 Å². The molecule has 0 saturated carbocycles. The number of carbonyl (C=O) groups excluding carboxylic acids is 1. The summed E-state index contributed by atoms with van der Waals surface area (Å²) in [5.41, 5.74) is 3.98. The van der Waals surface area contributed by atoms with E-state index in [1.165, 1.54) is 17.9 Å². The van der Waals surface area contributed by atoms with E-state index >= 15 is 0 Å². The number of aryl methyl sites for hydroxylation is 4. The summed E-state index contributed by atoms with van der Waals surface area (Å²) < 4.78 is 28.9. The number of hydrogen-bond acceptors (Lipinski definition) is 4. The zero-order chi connectivity index (χ0) is 22.8. The van der Waals surface area contributed by atoms with Crippen LogP contribution in [0.3, 0.4) is 0 Å². The topological polar surface area (TPSA) is 84.3 Å². The lowest BCUT2D eigenvalue weighted by atomic mass is 10.0. The van der Waals surface area contributed by atoms with Crippen LogP contribution in [0.15, 0.2) is 53.6 Å². The molecule has 0 atom stereocenters. The Morgan fingerprint density at radius 3 is 2.19 bits per heavy atom. The predicted octanol–water partition coefficient (Wildman–Crippen LogP) is 3.93. The highest BCUT2D eigenvalue weighted by atomic mass is 32.2. The Morgan fingerprint density at radius 2 is 1.65 bits per heavy atom. The molecule has 164 valence electrons. The highest BCUT2D eigenvalue weighted by Crippen LogP contribution is 2.28. The Bertz CT molecular complexity index is 1180. The molecule has 2 aromatic carbocycles. The maximum Gasteiger partial charge on any atom is 0.265 e. The van der Waals surface area contributed by atoms with Crippen LogP contribution in [0.25, 0.3) is 0 Å². The van der Waals surface area contributed by atoms with E-state index in [2.05, 4.69) is 10.4 Å². The van der Waals surface area contributed by atoms with Gasteiger partial charge in [0, 0.05) is 19.8 Å². The van der Waals surface area contributed by atoms with Crippen LogP contribution in [-0.4, -0.2) is 31.2 Å². The van der Waals surface area contributed by atoms with Crippen molar-refractivity contribution in [2.75, 3.05) is 16.7 Å². The van der Waals surface area contributed by atoms with Crippen molar-refractivity contribution in [1.29, 1.82) is 0 Å². The first-order valence-corrected chi connectivity index (χ1v) is 11.6. The third kappa shape index (κ3) is 4.34. The van der Waals surface area contributed by atoms with Gasteiger partial charge in [0.25, 0.3) is 15.9 Å². The lowest BCUT2D eigenvalue weighted by Gasteiger charge is -2.21. The van der Waals surface area contributed by atoms with Crippen LogP contribution < -0.4 is 9.62 Å². The third-order valence-corrected chi connectivity index (χ3v) is 7.13. The summed E-state index contributed by atoms with van der Waals surface area (Å²) in [4.78, 5) is 13.4. The predicted molar refractivity (Wildman–Crippen MR) is 123 cm³/mol. The molecule has 7 nitrogen and oxygen atoms in total. The number of benzene rings is 2. The zero-order valence-corrected chi connectivity index (χ0v) is 19.3. The molecule has 8 heteroatoms. The molecule has 0 fully saturated rings. The van der Waals surface area contributed by atoms with Gasteiger partial charge in [0.15, 0.2) is 5.82 Å². The lowest BCUT2D eigenvalue weighted by molar-refractivity contribution is 0.102. The molecule has 1 heterocycles. The van der Waals surface area contributed by atoms with Gasteiger partial charge in [-0.25, -0.2) is 8.42 Å². The van der Waals surface area contributed by atoms with Crippen LogP contribution in [0.2, 0.25) is 0 Å². The largest absolute Gasteiger partial charge is 0.321 e. The van der Waals surface area contributed by atoms with Gasteiger partial charge in [0.1, 0.15) is 5.56 Å². The summed E-state index contributed by atoms with van der Waals surface area (Å²) in [5, 5.41) is 7.15. The Morgan fingerprint density at radius 1 is 1.06 bits per heavy atom. The quantitative estimate of drug-likeness (QED) is 0.603. The number of anilines is 2. The van der Waals surface area contributed by atoms with E-state index in [9.17, 15) is 13.2 Å². The van der Waals surface area contributed by atoms with E-state index in [1.807, 2.05) is 39.0 Å². The summed E-state index contributed by atoms with van der Waals surface area (Å²) in [6.45, 7) is 5.95. The molecule has 1 N–H and O–H groups in total. The van der Waals surface area contributed by atoms with E-state index < -0.39 is 15.9 Å². The van der Waals surface area contributed by atoms with E-state index in [1.54, 1.807) is 31.3 Å². The Labute approximate surface area is 183 Å². The van der Waals surface area contributed by atoms with Crippen molar-refractivity contribution in [2.45, 2.75) is 38.5 Å². The van der Waals surface area contributed by atoms with Crippen LogP contribution in [0.1, 0.15) is 40.9 Å². The van der Waals surface area contributed by atoms with Crippen molar-refractivity contribution in [3.05, 3.63) is 70.9 Å². The Hall–Kier alpha value is -3.13. The fraction of sp³-hybridized carbons (Fsp3) is 0.304. The Kier molecular flexibility index (Phi) is 6.50. The summed E-state index contributed by atoms with van der Waals surface area (Å²) in [7, 11) is -0.816. The number of nitrogens with zero attached hydrogens (tertiary/aromatic N) is 3. The van der Waals surface area contributed by atoms with Gasteiger partial charge >= 0.3 is 0 Å². The van der Waals surface area contributed by atoms with Gasteiger partial charge < -0.3 is 5.32 Å². The lowest BCUT2D eigenvalue weighted by Crippen LogP contribution is -2.30. The number of rotatable bonds is 7. The third-order valence-electron chi connectivity index (χ3n) is 5.37. The number of hydrogen-bond donors (Lipinski definition) is 1. The van der Waals surface area contributed by atoms with Gasteiger partial charge in [-0.3, -0.25) is 13.8 Å². The average Bonchev–Trinajstić information content (AvgIpc) is 3.14. The van der Waals surface area contributed by atoms with Gasteiger partial charge in [0.2, 0.25) is 0 Å². The normalized spacial score (nSPS) is 11.4. The van der Waals surface area contributed by atoms with E-state index in [-0.39, 0.29) is 16.3 Å². The molecule has 0 aliphatic carbocycles. The second-order valence-electron chi connectivity index (χ2n) is 7.40. The molecule has 0 aliphatic rings. The van der Waals surface area contributed by atoms with Crippen LogP contribution in [0.5, 0.6) is 0 Å². The first-order chi connectivity index (χ1) is 14.7. The first kappa shape index (κ1) is 22.6. The highest BCUT2D eigenvalue weighted by molar-refractivity contribution is 7.92. The minimum absolute atomic E-state index is 0.151. The van der Waals surface area contributed by atoms with Crippen molar-refractivity contribution >= 4 is 27.4 Å². The molecule has 0 bridgehead atoms. The van der Waals surface area contributed by atoms with Crippen molar-refractivity contribution in [2.24, 2.45) is 7.05 Å². The smallest absolute Gasteiger partial charge is 0.265 e. The monoisotopic (exact) mass is 440 g/mol. The molecule has 1 aromatic heterocycles. The van der Waals surface area contributed by atoms with E-state index in [0.29, 0.717) is 0 Å². The molecule has 0 spiro atoms. The van der Waals surface area contributed by atoms with Crippen LogP contribution in [0.4, 0.5) is 11.5 Å². The fourth-order valence-corrected chi connectivity index (χ4v) is 4.77. The molecule has 0 aliphatic heterocycles. The molecule has 31 heavy (non-hydrogen) atoms. The summed E-state index contributed by atoms with van der Waals surface area (Å²) >= 11 is 0. The number of aromatic nitrogens is 2. The molecular formula is C23H28N4O3S. The average molecular weight is 441 g/mol. The number of para-hydroxylation sites is 1. The summed E-state index contributed by atoms with van der Waals surface area (Å²) in [6, 6.07) is 12.5. The van der Waals surface area contributed by atoms with Crippen molar-refractivity contribution in [3.63, 3.8) is 0 Å². The van der Waals surface area contributed by atoms with Crippen molar-refractivity contribution < 1.29 is 13.2 Å². The highest BCUT2D eigenvalue weighted by Gasteiger charge is 2.29.